The molecule has 1 aromatic heterocycles. The first-order valence-corrected chi connectivity index (χ1v) is 7.50. The lowest BCUT2D eigenvalue weighted by Gasteiger charge is -2.06. The van der Waals surface area contributed by atoms with Crippen molar-refractivity contribution in [1.82, 2.24) is 4.57 Å². The summed E-state index contributed by atoms with van der Waals surface area (Å²) in [6, 6.07) is 6.39. The van der Waals surface area contributed by atoms with Crippen molar-refractivity contribution in [2.45, 2.75) is 13.8 Å². The monoisotopic (exact) mass is 320 g/mol. The predicted octanol–water partition coefficient (Wildman–Crippen LogP) is 2.18. The highest BCUT2D eigenvalue weighted by atomic mass is 32.1. The number of thiazole rings is 1. The highest BCUT2D eigenvalue weighted by Gasteiger charge is 2.16. The second-order valence-electron chi connectivity index (χ2n) is 4.59. The van der Waals surface area contributed by atoms with Crippen LogP contribution in [-0.4, -0.2) is 23.1 Å². The first-order valence-electron chi connectivity index (χ1n) is 6.69. The fourth-order valence-corrected chi connectivity index (χ4v) is 2.70. The smallest absolute Gasteiger partial charge is 0.338 e. The van der Waals surface area contributed by atoms with Crippen molar-refractivity contribution in [1.29, 1.82) is 0 Å². The van der Waals surface area contributed by atoms with Crippen molar-refractivity contribution in [3.8, 4) is 0 Å². The van der Waals surface area contributed by atoms with Crippen molar-refractivity contribution in [2.24, 2.45) is 7.05 Å². The number of carbonyl (C=O) groups is 2. The Labute approximate surface area is 131 Å². The Morgan fingerprint density at radius 3 is 2.41 bits per heavy atom. The molecule has 0 bridgehead atoms. The van der Waals surface area contributed by atoms with E-state index in [1.165, 1.54) is 4.57 Å². The topological polar surface area (TPSA) is 77.4 Å². The van der Waals surface area contributed by atoms with E-state index in [9.17, 15) is 14.4 Å². The number of nitrogens with zero attached hydrogens (tertiary/aromatic N) is 1. The van der Waals surface area contributed by atoms with Crippen LogP contribution in [0, 0.1) is 6.92 Å². The quantitative estimate of drug-likeness (QED) is 0.876. The summed E-state index contributed by atoms with van der Waals surface area (Å²) in [6.07, 6.45) is 0. The molecule has 0 radical (unpaired) electrons. The molecule has 0 saturated heterocycles. The van der Waals surface area contributed by atoms with Gasteiger partial charge in [-0.3, -0.25) is 9.59 Å². The molecular formula is C15H16N2O4S. The lowest BCUT2D eigenvalue weighted by molar-refractivity contribution is 0.0526. The molecule has 1 heterocycles. The Hall–Kier alpha value is -2.41. The number of hydrogen-bond acceptors (Lipinski definition) is 5. The van der Waals surface area contributed by atoms with E-state index in [0.29, 0.717) is 28.4 Å². The average Bonchev–Trinajstić information content (AvgIpc) is 2.76. The molecule has 7 heteroatoms. The number of rotatable bonds is 4. The zero-order valence-corrected chi connectivity index (χ0v) is 13.3. The van der Waals surface area contributed by atoms with Crippen LogP contribution in [0.5, 0.6) is 0 Å². The number of aromatic nitrogens is 1. The zero-order chi connectivity index (χ0) is 16.3. The van der Waals surface area contributed by atoms with Gasteiger partial charge in [0.25, 0.3) is 5.91 Å². The van der Waals surface area contributed by atoms with Crippen LogP contribution < -0.4 is 10.2 Å². The van der Waals surface area contributed by atoms with Crippen LogP contribution >= 0.6 is 11.3 Å². The maximum atomic E-state index is 12.2. The Morgan fingerprint density at radius 2 is 1.91 bits per heavy atom. The van der Waals surface area contributed by atoms with Gasteiger partial charge in [0.05, 0.1) is 12.2 Å². The molecule has 0 saturated carbocycles. The van der Waals surface area contributed by atoms with Crippen molar-refractivity contribution < 1.29 is 14.3 Å². The van der Waals surface area contributed by atoms with Crippen molar-refractivity contribution in [3.63, 3.8) is 0 Å². The van der Waals surface area contributed by atoms with Gasteiger partial charge in [-0.2, -0.15) is 0 Å². The van der Waals surface area contributed by atoms with Gasteiger partial charge in [0.1, 0.15) is 4.88 Å². The number of amides is 1. The molecule has 0 spiro atoms. The first kappa shape index (κ1) is 16.0. The van der Waals surface area contributed by atoms with Gasteiger partial charge in [-0.05, 0) is 38.1 Å². The van der Waals surface area contributed by atoms with Crippen molar-refractivity contribution in [2.75, 3.05) is 11.9 Å². The zero-order valence-electron chi connectivity index (χ0n) is 12.5. The molecule has 1 aromatic carbocycles. The highest BCUT2D eigenvalue weighted by Crippen LogP contribution is 2.15. The molecule has 116 valence electrons. The fourth-order valence-electron chi connectivity index (χ4n) is 1.82. The van der Waals surface area contributed by atoms with Gasteiger partial charge in [0, 0.05) is 18.4 Å². The summed E-state index contributed by atoms with van der Waals surface area (Å²) in [7, 11) is 1.62. The Morgan fingerprint density at radius 1 is 1.27 bits per heavy atom. The van der Waals surface area contributed by atoms with E-state index in [0.717, 1.165) is 11.3 Å². The molecule has 0 aliphatic heterocycles. The molecular weight excluding hydrogens is 304 g/mol. The second kappa shape index (κ2) is 6.57. The van der Waals surface area contributed by atoms with Crippen LogP contribution in [0.25, 0.3) is 0 Å². The van der Waals surface area contributed by atoms with Crippen molar-refractivity contribution in [3.05, 3.63) is 50.1 Å². The first-order chi connectivity index (χ1) is 10.4. The van der Waals surface area contributed by atoms with E-state index >= 15 is 0 Å². The van der Waals surface area contributed by atoms with Gasteiger partial charge < -0.3 is 14.6 Å². The third-order valence-corrected chi connectivity index (χ3v) is 4.29. The van der Waals surface area contributed by atoms with Crippen LogP contribution in [0.2, 0.25) is 0 Å². The number of carbonyl (C=O) groups excluding carboxylic acids is 2. The number of benzene rings is 1. The van der Waals surface area contributed by atoms with E-state index < -0.39 is 5.97 Å². The van der Waals surface area contributed by atoms with E-state index in [-0.39, 0.29) is 10.8 Å². The van der Waals surface area contributed by atoms with Crippen LogP contribution in [0.4, 0.5) is 5.69 Å². The summed E-state index contributed by atoms with van der Waals surface area (Å²) in [5, 5.41) is 2.70. The normalized spacial score (nSPS) is 10.3. The molecule has 0 unspecified atom stereocenters. The van der Waals surface area contributed by atoms with Crippen LogP contribution in [0.15, 0.2) is 29.1 Å². The average molecular weight is 320 g/mol. The Balaban J connectivity index is 2.13. The number of nitrogens with one attached hydrogen (secondary N) is 1. The van der Waals surface area contributed by atoms with Crippen LogP contribution in [0.3, 0.4) is 0 Å². The molecule has 2 aromatic rings. The summed E-state index contributed by atoms with van der Waals surface area (Å²) in [6.45, 7) is 3.76. The number of esters is 1. The molecule has 0 aliphatic rings. The third-order valence-electron chi connectivity index (χ3n) is 3.16. The number of ether oxygens (including phenoxy) is 1. The summed E-state index contributed by atoms with van der Waals surface area (Å²) in [5.74, 6) is -0.749. The molecule has 22 heavy (non-hydrogen) atoms. The maximum absolute atomic E-state index is 12.2. The third kappa shape index (κ3) is 3.25. The van der Waals surface area contributed by atoms with Gasteiger partial charge in [-0.1, -0.05) is 11.3 Å². The number of anilines is 1. The SMILES string of the molecule is CCOC(=O)c1ccc(NC(=O)c2sc(=O)n(C)c2C)cc1. The molecule has 6 nitrogen and oxygen atoms in total. The van der Waals surface area contributed by atoms with Crippen molar-refractivity contribution >= 4 is 28.9 Å². The lowest BCUT2D eigenvalue weighted by atomic mass is 10.2. The van der Waals surface area contributed by atoms with E-state index in [2.05, 4.69) is 5.32 Å². The second-order valence-corrected chi connectivity index (χ2v) is 5.56. The summed E-state index contributed by atoms with van der Waals surface area (Å²) in [4.78, 5) is 35.5. The molecule has 1 N–H and O–H groups in total. The minimum Gasteiger partial charge on any atom is -0.462 e. The van der Waals surface area contributed by atoms with Crippen LogP contribution in [-0.2, 0) is 11.8 Å². The molecule has 1 amide bonds. The maximum Gasteiger partial charge on any atom is 0.338 e. The fraction of sp³-hybridized carbons (Fsp3) is 0.267. The van der Waals surface area contributed by atoms with Gasteiger partial charge in [0.15, 0.2) is 0 Å². The van der Waals surface area contributed by atoms with Crippen LogP contribution in [0.1, 0.15) is 32.6 Å². The summed E-state index contributed by atoms with van der Waals surface area (Å²) >= 11 is 0.904. The summed E-state index contributed by atoms with van der Waals surface area (Å²) < 4.78 is 6.32. The summed E-state index contributed by atoms with van der Waals surface area (Å²) in [5.41, 5.74) is 1.58. The van der Waals surface area contributed by atoms with Gasteiger partial charge in [-0.15, -0.1) is 0 Å². The minimum atomic E-state index is -0.405. The molecule has 0 aliphatic carbocycles. The molecule has 2 rings (SSSR count). The largest absolute Gasteiger partial charge is 0.462 e. The van der Waals surface area contributed by atoms with E-state index in [1.54, 1.807) is 45.2 Å². The predicted molar refractivity (Wildman–Crippen MR) is 84.6 cm³/mol. The highest BCUT2D eigenvalue weighted by molar-refractivity contribution is 7.11. The van der Waals surface area contributed by atoms with Gasteiger partial charge in [-0.25, -0.2) is 4.79 Å². The molecule has 0 fully saturated rings. The van der Waals surface area contributed by atoms with E-state index in [4.69, 9.17) is 4.74 Å². The number of hydrogen-bond donors (Lipinski definition) is 1. The van der Waals surface area contributed by atoms with Gasteiger partial charge >= 0.3 is 10.8 Å². The van der Waals surface area contributed by atoms with E-state index in [1.807, 2.05) is 0 Å². The van der Waals surface area contributed by atoms with Gasteiger partial charge in [0.2, 0.25) is 0 Å². The molecule has 0 atom stereocenters. The minimum absolute atomic E-state index is 0.180. The standard InChI is InChI=1S/C15H16N2O4S/c1-4-21-14(19)10-5-7-11(8-6-10)16-13(18)12-9(2)17(3)15(20)22-12/h5-8H,4H2,1-3H3,(H,16,18). The Bertz CT molecular complexity index is 759. The lowest BCUT2D eigenvalue weighted by Crippen LogP contribution is -2.13. The Kier molecular flexibility index (Phi) is 4.77.